The van der Waals surface area contributed by atoms with Crippen molar-refractivity contribution in [2.45, 2.75) is 91.9 Å². The van der Waals surface area contributed by atoms with Crippen molar-refractivity contribution in [3.63, 3.8) is 0 Å². The molecule has 2 fully saturated rings. The molecule has 6 atom stereocenters. The van der Waals surface area contributed by atoms with Crippen LogP contribution in [0.1, 0.15) is 91.9 Å². The summed E-state index contributed by atoms with van der Waals surface area (Å²) in [6.07, 6.45) is 13.7. The molecule has 2 saturated carbocycles. The molecule has 0 aromatic rings. The minimum absolute atomic E-state index is 0.175. The van der Waals surface area contributed by atoms with Crippen LogP contribution in [0.4, 0.5) is 0 Å². The van der Waals surface area contributed by atoms with E-state index in [2.05, 4.69) is 32.9 Å². The van der Waals surface area contributed by atoms with E-state index in [1.54, 1.807) is 0 Å². The molecule has 0 aromatic carbocycles. The molecule has 0 radical (unpaired) electrons. The predicted octanol–water partition coefficient (Wildman–Crippen LogP) is 6.83. The van der Waals surface area contributed by atoms with Crippen LogP contribution >= 0.6 is 0 Å². The lowest BCUT2D eigenvalue weighted by atomic mass is 9.80. The SMILES string of the molecule is CCC(C)CCC1CC1CCC1CCC(C)(CN=O)CC(C)C1. The van der Waals surface area contributed by atoms with Gasteiger partial charge in [-0.15, -0.1) is 0 Å². The minimum Gasteiger partial charge on any atom is -0.151 e. The van der Waals surface area contributed by atoms with Gasteiger partial charge in [-0.3, -0.25) is 0 Å². The average Bonchev–Trinajstić information content (AvgIpc) is 3.27. The number of hydrogen-bond acceptors (Lipinski definition) is 2. The molecule has 2 rings (SSSR count). The van der Waals surface area contributed by atoms with Crippen molar-refractivity contribution in [1.29, 1.82) is 0 Å². The third kappa shape index (κ3) is 6.19. The van der Waals surface area contributed by atoms with Gasteiger partial charge < -0.3 is 0 Å². The zero-order chi connectivity index (χ0) is 16.9. The van der Waals surface area contributed by atoms with Gasteiger partial charge >= 0.3 is 0 Å². The summed E-state index contributed by atoms with van der Waals surface area (Å²) in [6, 6.07) is 0. The van der Waals surface area contributed by atoms with Crippen molar-refractivity contribution < 1.29 is 0 Å². The summed E-state index contributed by atoms with van der Waals surface area (Å²) in [7, 11) is 0. The number of nitroso groups, excluding NO2 is 1. The van der Waals surface area contributed by atoms with Crippen molar-refractivity contribution in [1.82, 2.24) is 0 Å². The molecule has 0 N–H and O–H groups in total. The Morgan fingerprint density at radius 3 is 2.61 bits per heavy atom. The van der Waals surface area contributed by atoms with Gasteiger partial charge in [0.25, 0.3) is 0 Å². The Bertz CT molecular complexity index is 369. The number of rotatable bonds is 9. The molecule has 2 heteroatoms. The first kappa shape index (κ1) is 18.9. The van der Waals surface area contributed by atoms with Crippen LogP contribution in [0.3, 0.4) is 0 Å². The lowest BCUT2D eigenvalue weighted by Gasteiger charge is -2.26. The fourth-order valence-corrected chi connectivity index (χ4v) is 5.00. The zero-order valence-electron chi connectivity index (χ0n) is 16.0. The highest BCUT2D eigenvalue weighted by atomic mass is 16.3. The van der Waals surface area contributed by atoms with Crippen LogP contribution in [-0.4, -0.2) is 6.54 Å². The van der Waals surface area contributed by atoms with Gasteiger partial charge in [0.15, 0.2) is 0 Å². The van der Waals surface area contributed by atoms with Gasteiger partial charge in [0.2, 0.25) is 0 Å². The molecule has 2 nitrogen and oxygen atoms in total. The van der Waals surface area contributed by atoms with Crippen LogP contribution in [0.15, 0.2) is 5.18 Å². The largest absolute Gasteiger partial charge is 0.151 e. The lowest BCUT2D eigenvalue weighted by Crippen LogP contribution is -2.21. The molecule has 0 amide bonds. The van der Waals surface area contributed by atoms with E-state index in [0.29, 0.717) is 6.54 Å². The van der Waals surface area contributed by atoms with Gasteiger partial charge in [-0.2, -0.15) is 4.91 Å². The molecule has 0 aliphatic heterocycles. The normalized spacial score (nSPS) is 38.8. The fraction of sp³-hybridized carbons (Fsp3) is 1.00. The fourth-order valence-electron chi connectivity index (χ4n) is 5.00. The van der Waals surface area contributed by atoms with Gasteiger partial charge in [-0.1, -0.05) is 52.1 Å². The van der Waals surface area contributed by atoms with Gasteiger partial charge in [-0.05, 0) is 80.0 Å². The maximum Gasteiger partial charge on any atom is 0.0864 e. The first-order valence-electron chi connectivity index (χ1n) is 10.2. The standard InChI is InChI=1S/C21H39NO/c1-5-16(2)6-8-19-13-20(19)9-7-18-10-11-21(4,15-22-23)14-17(3)12-18/h16-20H,5-15H2,1-4H3. The van der Waals surface area contributed by atoms with Crippen LogP contribution in [0.2, 0.25) is 0 Å². The monoisotopic (exact) mass is 321 g/mol. The number of nitrogens with zero attached hydrogens (tertiary/aromatic N) is 1. The van der Waals surface area contributed by atoms with Crippen molar-refractivity contribution in [3.05, 3.63) is 4.91 Å². The van der Waals surface area contributed by atoms with Crippen LogP contribution in [0.25, 0.3) is 0 Å². The van der Waals surface area contributed by atoms with Crippen molar-refractivity contribution >= 4 is 0 Å². The van der Waals surface area contributed by atoms with Crippen LogP contribution in [0.5, 0.6) is 0 Å². The molecular formula is C21H39NO. The highest BCUT2D eigenvalue weighted by Gasteiger charge is 2.37. The maximum atomic E-state index is 10.7. The Balaban J connectivity index is 1.68. The Morgan fingerprint density at radius 2 is 1.91 bits per heavy atom. The van der Waals surface area contributed by atoms with E-state index in [1.165, 1.54) is 64.2 Å². The quantitative estimate of drug-likeness (QED) is 0.338. The summed E-state index contributed by atoms with van der Waals surface area (Å²) in [4.78, 5) is 10.7. The van der Waals surface area contributed by atoms with E-state index < -0.39 is 0 Å². The molecule has 0 spiro atoms. The van der Waals surface area contributed by atoms with Gasteiger partial charge in [0.05, 0.1) is 6.54 Å². The first-order chi connectivity index (χ1) is 11.0. The van der Waals surface area contributed by atoms with Gasteiger partial charge in [-0.25, -0.2) is 0 Å². The highest BCUT2D eigenvalue weighted by Crippen LogP contribution is 2.48. The van der Waals surface area contributed by atoms with Crippen molar-refractivity contribution in [3.8, 4) is 0 Å². The summed E-state index contributed by atoms with van der Waals surface area (Å²) < 4.78 is 0. The lowest BCUT2D eigenvalue weighted by molar-refractivity contribution is 0.256. The molecule has 2 aliphatic carbocycles. The van der Waals surface area contributed by atoms with E-state index in [-0.39, 0.29) is 5.41 Å². The third-order valence-corrected chi connectivity index (χ3v) is 6.92. The Labute approximate surface area is 144 Å². The maximum absolute atomic E-state index is 10.7. The summed E-state index contributed by atoms with van der Waals surface area (Å²) in [5.41, 5.74) is 0.175. The van der Waals surface area contributed by atoms with Crippen LogP contribution in [-0.2, 0) is 0 Å². The van der Waals surface area contributed by atoms with Crippen LogP contribution in [0, 0.1) is 39.9 Å². The second-order valence-electron chi connectivity index (χ2n) is 9.47. The molecule has 0 heterocycles. The molecule has 0 saturated heterocycles. The summed E-state index contributed by atoms with van der Waals surface area (Å²) in [5, 5.41) is 3.22. The smallest absolute Gasteiger partial charge is 0.0864 e. The second-order valence-corrected chi connectivity index (χ2v) is 9.47. The molecule has 23 heavy (non-hydrogen) atoms. The highest BCUT2D eigenvalue weighted by molar-refractivity contribution is 4.89. The molecular weight excluding hydrogens is 282 g/mol. The van der Waals surface area contributed by atoms with Crippen LogP contribution < -0.4 is 0 Å². The predicted molar refractivity (Wildman–Crippen MR) is 99.4 cm³/mol. The molecule has 134 valence electrons. The topological polar surface area (TPSA) is 29.4 Å². The van der Waals surface area contributed by atoms with E-state index in [4.69, 9.17) is 0 Å². The number of hydrogen-bond donors (Lipinski definition) is 0. The summed E-state index contributed by atoms with van der Waals surface area (Å²) >= 11 is 0. The van der Waals surface area contributed by atoms with Crippen molar-refractivity contribution in [2.75, 3.05) is 6.54 Å². The molecule has 0 aromatic heterocycles. The van der Waals surface area contributed by atoms with Gasteiger partial charge in [0.1, 0.15) is 0 Å². The van der Waals surface area contributed by atoms with E-state index in [0.717, 1.165) is 29.6 Å². The molecule has 0 bridgehead atoms. The molecule has 2 aliphatic rings. The summed E-state index contributed by atoms with van der Waals surface area (Å²) in [5.74, 6) is 4.67. The van der Waals surface area contributed by atoms with E-state index in [1.807, 2.05) is 0 Å². The van der Waals surface area contributed by atoms with E-state index in [9.17, 15) is 4.91 Å². The first-order valence-corrected chi connectivity index (χ1v) is 10.2. The third-order valence-electron chi connectivity index (χ3n) is 6.92. The Kier molecular flexibility index (Phi) is 7.10. The Morgan fingerprint density at radius 1 is 1.17 bits per heavy atom. The molecule has 6 unspecified atom stereocenters. The average molecular weight is 322 g/mol. The minimum atomic E-state index is 0.175. The summed E-state index contributed by atoms with van der Waals surface area (Å²) in [6.45, 7) is 9.89. The van der Waals surface area contributed by atoms with Gasteiger partial charge in [0, 0.05) is 0 Å². The van der Waals surface area contributed by atoms with E-state index >= 15 is 0 Å². The van der Waals surface area contributed by atoms with Crippen molar-refractivity contribution in [2.24, 2.45) is 40.2 Å². The Hall–Kier alpha value is -0.400. The second kappa shape index (κ2) is 8.62. The zero-order valence-corrected chi connectivity index (χ0v) is 16.0.